The number of fused-ring (bicyclic) bond motifs is 1. The summed E-state index contributed by atoms with van der Waals surface area (Å²) in [6, 6.07) is 4.82. The van der Waals surface area contributed by atoms with Crippen molar-refractivity contribution >= 4 is 29.2 Å². The van der Waals surface area contributed by atoms with Gasteiger partial charge in [0.05, 0.1) is 11.9 Å². The number of nitrogens with zero attached hydrogens (tertiary/aromatic N) is 2. The van der Waals surface area contributed by atoms with Gasteiger partial charge in [0.25, 0.3) is 0 Å². The SMILES string of the molecule is Cc1cccn2c(CNC3CSCCSC3)cnc12. The molecular weight excluding hydrogens is 274 g/mol. The van der Waals surface area contributed by atoms with Crippen molar-refractivity contribution in [1.82, 2.24) is 14.7 Å². The van der Waals surface area contributed by atoms with Gasteiger partial charge in [-0.05, 0) is 18.6 Å². The molecule has 1 saturated heterocycles. The van der Waals surface area contributed by atoms with E-state index in [1.807, 2.05) is 6.20 Å². The van der Waals surface area contributed by atoms with E-state index in [-0.39, 0.29) is 0 Å². The van der Waals surface area contributed by atoms with Crippen LogP contribution in [0, 0.1) is 6.92 Å². The lowest BCUT2D eigenvalue weighted by Crippen LogP contribution is -2.33. The molecule has 3 rings (SSSR count). The molecule has 0 amide bonds. The third-order valence-corrected chi connectivity index (χ3v) is 5.91. The number of nitrogens with one attached hydrogen (secondary N) is 1. The summed E-state index contributed by atoms with van der Waals surface area (Å²) in [4.78, 5) is 4.51. The summed E-state index contributed by atoms with van der Waals surface area (Å²) < 4.78 is 2.19. The summed E-state index contributed by atoms with van der Waals surface area (Å²) in [5, 5.41) is 3.67. The average molecular weight is 293 g/mol. The quantitative estimate of drug-likeness (QED) is 0.942. The molecule has 5 heteroatoms. The maximum Gasteiger partial charge on any atom is 0.139 e. The number of rotatable bonds is 3. The van der Waals surface area contributed by atoms with Crippen LogP contribution in [-0.2, 0) is 6.54 Å². The highest BCUT2D eigenvalue weighted by molar-refractivity contribution is 8.03. The molecule has 1 aliphatic heterocycles. The van der Waals surface area contributed by atoms with Gasteiger partial charge in [-0.1, -0.05) is 6.07 Å². The molecule has 1 aliphatic rings. The van der Waals surface area contributed by atoms with E-state index >= 15 is 0 Å². The summed E-state index contributed by atoms with van der Waals surface area (Å²) in [5.41, 5.74) is 3.55. The number of hydrogen-bond donors (Lipinski definition) is 1. The Balaban J connectivity index is 1.69. The van der Waals surface area contributed by atoms with Crippen LogP contribution in [0.25, 0.3) is 5.65 Å². The predicted molar refractivity (Wildman–Crippen MR) is 85.2 cm³/mol. The van der Waals surface area contributed by atoms with Crippen molar-refractivity contribution in [1.29, 1.82) is 0 Å². The van der Waals surface area contributed by atoms with Gasteiger partial charge in [-0.15, -0.1) is 0 Å². The van der Waals surface area contributed by atoms with Crippen LogP contribution in [0.15, 0.2) is 24.5 Å². The van der Waals surface area contributed by atoms with Crippen molar-refractivity contribution in [3.8, 4) is 0 Å². The predicted octanol–water partition coefficient (Wildman–Crippen LogP) is 2.58. The van der Waals surface area contributed by atoms with Crippen molar-refractivity contribution < 1.29 is 0 Å². The monoisotopic (exact) mass is 293 g/mol. The number of thioether (sulfide) groups is 2. The van der Waals surface area contributed by atoms with E-state index in [2.05, 4.69) is 63.5 Å². The summed E-state index contributed by atoms with van der Waals surface area (Å²) in [6.45, 7) is 3.01. The molecular formula is C14H19N3S2. The van der Waals surface area contributed by atoms with Crippen LogP contribution in [0.4, 0.5) is 0 Å². The Morgan fingerprint density at radius 2 is 2.16 bits per heavy atom. The third kappa shape index (κ3) is 3.09. The van der Waals surface area contributed by atoms with E-state index in [4.69, 9.17) is 0 Å². The standard InChI is InChI=1S/C14H19N3S2/c1-11-3-2-4-17-13(8-16-14(11)17)7-15-12-9-18-5-6-19-10-12/h2-4,8,12,15H,5-7,9-10H2,1H3. The van der Waals surface area contributed by atoms with E-state index in [1.54, 1.807) is 0 Å². The van der Waals surface area contributed by atoms with Crippen LogP contribution in [0.2, 0.25) is 0 Å². The van der Waals surface area contributed by atoms with Crippen molar-refractivity contribution in [2.24, 2.45) is 0 Å². The van der Waals surface area contributed by atoms with Gasteiger partial charge in [0, 0.05) is 41.8 Å². The average Bonchev–Trinajstić information content (AvgIpc) is 2.67. The molecule has 102 valence electrons. The molecule has 0 spiro atoms. The molecule has 0 aliphatic carbocycles. The van der Waals surface area contributed by atoms with Gasteiger partial charge in [0.2, 0.25) is 0 Å². The normalized spacial score (nSPS) is 17.7. The Labute approximate surface area is 122 Å². The van der Waals surface area contributed by atoms with Gasteiger partial charge in [0.1, 0.15) is 5.65 Å². The first-order valence-electron chi connectivity index (χ1n) is 6.65. The molecule has 3 heterocycles. The number of aromatic nitrogens is 2. The minimum atomic E-state index is 0.618. The Kier molecular flexibility index (Phi) is 4.35. The zero-order chi connectivity index (χ0) is 13.1. The first-order chi connectivity index (χ1) is 9.34. The Morgan fingerprint density at radius 1 is 1.37 bits per heavy atom. The first-order valence-corrected chi connectivity index (χ1v) is 8.96. The molecule has 0 aromatic carbocycles. The number of imidazole rings is 1. The molecule has 0 unspecified atom stereocenters. The highest BCUT2D eigenvalue weighted by atomic mass is 32.2. The molecule has 0 saturated carbocycles. The van der Waals surface area contributed by atoms with Crippen molar-refractivity contribution in [3.05, 3.63) is 35.8 Å². The number of aryl methyl sites for hydroxylation is 1. The molecule has 19 heavy (non-hydrogen) atoms. The van der Waals surface area contributed by atoms with Crippen LogP contribution in [0.3, 0.4) is 0 Å². The van der Waals surface area contributed by atoms with Gasteiger partial charge in [0.15, 0.2) is 0 Å². The van der Waals surface area contributed by atoms with Crippen molar-refractivity contribution in [2.45, 2.75) is 19.5 Å². The maximum atomic E-state index is 4.51. The van der Waals surface area contributed by atoms with Crippen molar-refractivity contribution in [2.75, 3.05) is 23.0 Å². The lowest BCUT2D eigenvalue weighted by molar-refractivity contribution is 0.593. The minimum Gasteiger partial charge on any atom is -0.307 e. The lowest BCUT2D eigenvalue weighted by Gasteiger charge is -2.15. The zero-order valence-corrected chi connectivity index (χ0v) is 12.8. The lowest BCUT2D eigenvalue weighted by atomic mass is 10.3. The van der Waals surface area contributed by atoms with E-state index in [1.165, 1.54) is 34.3 Å². The van der Waals surface area contributed by atoms with E-state index in [9.17, 15) is 0 Å². The number of hydrogen-bond acceptors (Lipinski definition) is 4. The fourth-order valence-electron chi connectivity index (χ4n) is 2.32. The first kappa shape index (κ1) is 13.3. The minimum absolute atomic E-state index is 0.618. The second-order valence-electron chi connectivity index (χ2n) is 4.86. The molecule has 0 bridgehead atoms. The largest absolute Gasteiger partial charge is 0.307 e. The molecule has 1 fully saturated rings. The Hall–Kier alpha value is -0.650. The summed E-state index contributed by atoms with van der Waals surface area (Å²) in [6.07, 6.45) is 4.09. The van der Waals surface area contributed by atoms with Gasteiger partial charge in [-0.3, -0.25) is 0 Å². The summed E-state index contributed by atoms with van der Waals surface area (Å²) >= 11 is 4.12. The molecule has 3 nitrogen and oxygen atoms in total. The number of pyridine rings is 1. The highest BCUT2D eigenvalue weighted by Crippen LogP contribution is 2.17. The molecule has 0 atom stereocenters. The highest BCUT2D eigenvalue weighted by Gasteiger charge is 2.13. The maximum absolute atomic E-state index is 4.51. The van der Waals surface area contributed by atoms with Crippen LogP contribution in [-0.4, -0.2) is 38.4 Å². The van der Waals surface area contributed by atoms with Crippen LogP contribution in [0.1, 0.15) is 11.3 Å². The summed E-state index contributed by atoms with van der Waals surface area (Å²) in [5.74, 6) is 5.03. The second kappa shape index (κ2) is 6.20. The van der Waals surface area contributed by atoms with Gasteiger partial charge in [-0.25, -0.2) is 4.98 Å². The molecule has 2 aromatic rings. The van der Waals surface area contributed by atoms with Crippen LogP contribution >= 0.6 is 23.5 Å². The van der Waals surface area contributed by atoms with E-state index < -0.39 is 0 Å². The topological polar surface area (TPSA) is 29.3 Å². The fourth-order valence-corrected chi connectivity index (χ4v) is 4.78. The smallest absolute Gasteiger partial charge is 0.139 e. The third-order valence-electron chi connectivity index (χ3n) is 3.39. The van der Waals surface area contributed by atoms with Gasteiger partial charge in [-0.2, -0.15) is 23.5 Å². The van der Waals surface area contributed by atoms with Gasteiger partial charge < -0.3 is 9.72 Å². The Morgan fingerprint density at radius 3 is 2.95 bits per heavy atom. The molecule has 1 N–H and O–H groups in total. The molecule has 2 aromatic heterocycles. The zero-order valence-electron chi connectivity index (χ0n) is 11.1. The van der Waals surface area contributed by atoms with Crippen molar-refractivity contribution in [3.63, 3.8) is 0 Å². The van der Waals surface area contributed by atoms with Crippen LogP contribution in [0.5, 0.6) is 0 Å². The van der Waals surface area contributed by atoms with E-state index in [0.717, 1.165) is 12.2 Å². The second-order valence-corrected chi connectivity index (χ2v) is 7.16. The molecule has 0 radical (unpaired) electrons. The summed E-state index contributed by atoms with van der Waals surface area (Å²) in [7, 11) is 0. The van der Waals surface area contributed by atoms with Gasteiger partial charge >= 0.3 is 0 Å². The van der Waals surface area contributed by atoms with E-state index in [0.29, 0.717) is 6.04 Å². The Bertz CT molecular complexity index is 545. The fraction of sp³-hybridized carbons (Fsp3) is 0.500. The van der Waals surface area contributed by atoms with Crippen LogP contribution < -0.4 is 5.32 Å².